The molecule has 0 atom stereocenters. The number of halogens is 1. The highest BCUT2D eigenvalue weighted by atomic mass is 35.5. The number of hydrogen-bond acceptors (Lipinski definition) is 4. The van der Waals surface area contributed by atoms with Crippen molar-refractivity contribution in [2.24, 2.45) is 4.99 Å². The summed E-state index contributed by atoms with van der Waals surface area (Å²) in [5.41, 5.74) is 2.79. The molecule has 4 nitrogen and oxygen atoms in total. The molecule has 0 unspecified atom stereocenters. The van der Waals surface area contributed by atoms with Crippen molar-refractivity contribution in [1.29, 1.82) is 0 Å². The number of rotatable bonds is 5. The molecule has 0 N–H and O–H groups in total. The SMILES string of the molecule is O=C1OC(c2ccccc2)=N/C1=C\c1ccc(OCc2ccccc2Cl)cc1. The van der Waals surface area contributed by atoms with Crippen LogP contribution in [0.5, 0.6) is 5.75 Å². The number of aliphatic imine (C=N–C) groups is 1. The lowest BCUT2D eigenvalue weighted by Gasteiger charge is -2.07. The summed E-state index contributed by atoms with van der Waals surface area (Å²) >= 11 is 6.14. The van der Waals surface area contributed by atoms with Crippen molar-refractivity contribution in [3.8, 4) is 5.75 Å². The van der Waals surface area contributed by atoms with Crippen molar-refractivity contribution in [1.82, 2.24) is 0 Å². The van der Waals surface area contributed by atoms with E-state index in [0.29, 0.717) is 23.3 Å². The molecule has 3 aromatic carbocycles. The van der Waals surface area contributed by atoms with Gasteiger partial charge < -0.3 is 9.47 Å². The minimum atomic E-state index is -0.460. The third-order valence-electron chi connectivity index (χ3n) is 4.18. The fourth-order valence-electron chi connectivity index (χ4n) is 2.71. The standard InChI is InChI=1S/C23H16ClNO3/c24-20-9-5-4-8-18(20)15-27-19-12-10-16(11-13-19)14-21-23(26)28-22(25-21)17-6-2-1-3-7-17/h1-14H,15H2/b21-14-. The Balaban J connectivity index is 1.46. The maximum Gasteiger partial charge on any atom is 0.363 e. The van der Waals surface area contributed by atoms with Crippen LogP contribution in [-0.2, 0) is 16.1 Å². The molecule has 0 saturated carbocycles. The number of esters is 1. The van der Waals surface area contributed by atoms with Gasteiger partial charge >= 0.3 is 5.97 Å². The quantitative estimate of drug-likeness (QED) is 0.441. The van der Waals surface area contributed by atoms with E-state index in [0.717, 1.165) is 16.7 Å². The highest BCUT2D eigenvalue weighted by molar-refractivity contribution is 6.31. The molecule has 0 aromatic heterocycles. The Labute approximate surface area is 167 Å². The van der Waals surface area contributed by atoms with Gasteiger partial charge in [0.1, 0.15) is 12.4 Å². The lowest BCUT2D eigenvalue weighted by atomic mass is 10.2. The first-order chi connectivity index (χ1) is 13.7. The molecule has 1 heterocycles. The van der Waals surface area contributed by atoms with Gasteiger partial charge in [0.25, 0.3) is 0 Å². The summed E-state index contributed by atoms with van der Waals surface area (Å²) in [7, 11) is 0. The van der Waals surface area contributed by atoms with Gasteiger partial charge in [0.15, 0.2) is 5.70 Å². The molecule has 28 heavy (non-hydrogen) atoms. The van der Waals surface area contributed by atoms with E-state index < -0.39 is 5.97 Å². The van der Waals surface area contributed by atoms with E-state index in [1.54, 1.807) is 6.08 Å². The Morgan fingerprint density at radius 2 is 1.64 bits per heavy atom. The van der Waals surface area contributed by atoms with Gasteiger partial charge in [0.05, 0.1) is 0 Å². The van der Waals surface area contributed by atoms with Crippen molar-refractivity contribution in [3.63, 3.8) is 0 Å². The van der Waals surface area contributed by atoms with Crippen molar-refractivity contribution in [3.05, 3.63) is 106 Å². The Bertz CT molecular complexity index is 1060. The molecule has 1 aliphatic heterocycles. The summed E-state index contributed by atoms with van der Waals surface area (Å²) in [6, 6.07) is 24.3. The Hall–Kier alpha value is -3.37. The van der Waals surface area contributed by atoms with Crippen LogP contribution in [0.4, 0.5) is 0 Å². The first-order valence-electron chi connectivity index (χ1n) is 8.73. The topological polar surface area (TPSA) is 47.9 Å². The van der Waals surface area contributed by atoms with Gasteiger partial charge in [-0.1, -0.05) is 60.1 Å². The third-order valence-corrected chi connectivity index (χ3v) is 4.55. The van der Waals surface area contributed by atoms with Crippen LogP contribution in [0.3, 0.4) is 0 Å². The number of hydrogen-bond donors (Lipinski definition) is 0. The van der Waals surface area contributed by atoms with E-state index in [2.05, 4.69) is 4.99 Å². The van der Waals surface area contributed by atoms with Gasteiger partial charge in [-0.3, -0.25) is 0 Å². The van der Waals surface area contributed by atoms with Crippen LogP contribution in [-0.4, -0.2) is 11.9 Å². The number of ether oxygens (including phenoxy) is 2. The molecule has 0 bridgehead atoms. The molecule has 0 fully saturated rings. The zero-order valence-corrected chi connectivity index (χ0v) is 15.6. The molecule has 0 spiro atoms. The fraction of sp³-hybridized carbons (Fsp3) is 0.0435. The predicted octanol–water partition coefficient (Wildman–Crippen LogP) is 5.26. The van der Waals surface area contributed by atoms with E-state index in [4.69, 9.17) is 21.1 Å². The van der Waals surface area contributed by atoms with Crippen molar-refractivity contribution in [2.75, 3.05) is 0 Å². The summed E-state index contributed by atoms with van der Waals surface area (Å²) < 4.78 is 11.0. The summed E-state index contributed by atoms with van der Waals surface area (Å²) in [5.74, 6) is 0.569. The van der Waals surface area contributed by atoms with E-state index in [-0.39, 0.29) is 5.70 Å². The molecule has 0 amide bonds. The lowest BCUT2D eigenvalue weighted by Crippen LogP contribution is -2.04. The predicted molar refractivity (Wildman–Crippen MR) is 109 cm³/mol. The van der Waals surface area contributed by atoms with Crippen molar-refractivity contribution in [2.45, 2.75) is 6.61 Å². The summed E-state index contributed by atoms with van der Waals surface area (Å²) in [6.45, 7) is 0.386. The van der Waals surface area contributed by atoms with Crippen LogP contribution < -0.4 is 4.74 Å². The molecule has 1 aliphatic rings. The average molecular weight is 390 g/mol. The van der Waals surface area contributed by atoms with E-state index in [1.165, 1.54) is 0 Å². The van der Waals surface area contributed by atoms with Gasteiger partial charge in [-0.05, 0) is 42.0 Å². The van der Waals surface area contributed by atoms with Crippen LogP contribution in [0.1, 0.15) is 16.7 Å². The first-order valence-corrected chi connectivity index (χ1v) is 9.11. The molecule has 0 saturated heterocycles. The van der Waals surface area contributed by atoms with Gasteiger partial charge in [-0.2, -0.15) is 0 Å². The van der Waals surface area contributed by atoms with Gasteiger partial charge in [-0.25, -0.2) is 9.79 Å². The number of cyclic esters (lactones) is 1. The molecule has 0 radical (unpaired) electrons. The second-order valence-corrected chi connectivity index (χ2v) is 6.56. The van der Waals surface area contributed by atoms with E-state index in [1.807, 2.05) is 78.9 Å². The number of carbonyl (C=O) groups excluding carboxylic acids is 1. The fourth-order valence-corrected chi connectivity index (χ4v) is 2.90. The smallest absolute Gasteiger partial charge is 0.363 e. The van der Waals surface area contributed by atoms with E-state index in [9.17, 15) is 4.79 Å². The minimum Gasteiger partial charge on any atom is -0.489 e. The summed E-state index contributed by atoms with van der Waals surface area (Å²) in [6.07, 6.45) is 1.69. The van der Waals surface area contributed by atoms with Gasteiger partial charge in [0, 0.05) is 16.1 Å². The summed E-state index contributed by atoms with van der Waals surface area (Å²) in [5, 5.41) is 0.677. The average Bonchev–Trinajstić information content (AvgIpc) is 3.09. The normalized spacial score (nSPS) is 14.7. The number of nitrogens with zero attached hydrogens (tertiary/aromatic N) is 1. The van der Waals surface area contributed by atoms with Crippen LogP contribution in [0.25, 0.3) is 6.08 Å². The maximum atomic E-state index is 12.1. The highest BCUT2D eigenvalue weighted by Gasteiger charge is 2.23. The van der Waals surface area contributed by atoms with Gasteiger partial charge in [0.2, 0.25) is 5.90 Å². The maximum absolute atomic E-state index is 12.1. The van der Waals surface area contributed by atoms with Crippen molar-refractivity contribution < 1.29 is 14.3 Å². The molecule has 3 aromatic rings. The van der Waals surface area contributed by atoms with Gasteiger partial charge in [-0.15, -0.1) is 0 Å². The Morgan fingerprint density at radius 1 is 0.929 bits per heavy atom. The van der Waals surface area contributed by atoms with Crippen LogP contribution in [0.15, 0.2) is 89.6 Å². The van der Waals surface area contributed by atoms with E-state index >= 15 is 0 Å². The number of benzene rings is 3. The largest absolute Gasteiger partial charge is 0.489 e. The summed E-state index contributed by atoms with van der Waals surface area (Å²) in [4.78, 5) is 16.4. The van der Waals surface area contributed by atoms with Crippen molar-refractivity contribution >= 4 is 29.5 Å². The molecule has 138 valence electrons. The second-order valence-electron chi connectivity index (χ2n) is 6.15. The zero-order chi connectivity index (χ0) is 19.3. The first kappa shape index (κ1) is 18.0. The Kier molecular flexibility index (Phi) is 5.22. The molecular formula is C23H16ClNO3. The lowest BCUT2D eigenvalue weighted by molar-refractivity contribution is -0.129. The zero-order valence-electron chi connectivity index (χ0n) is 14.8. The monoisotopic (exact) mass is 389 g/mol. The molecule has 0 aliphatic carbocycles. The molecule has 4 rings (SSSR count). The van der Waals surface area contributed by atoms with Crippen LogP contribution in [0.2, 0.25) is 5.02 Å². The highest BCUT2D eigenvalue weighted by Crippen LogP contribution is 2.22. The Morgan fingerprint density at radius 3 is 2.39 bits per heavy atom. The van der Waals surface area contributed by atoms with Crippen LogP contribution >= 0.6 is 11.6 Å². The molecular weight excluding hydrogens is 374 g/mol. The minimum absolute atomic E-state index is 0.267. The van der Waals surface area contributed by atoms with Crippen LogP contribution in [0, 0.1) is 0 Å². The molecule has 5 heteroatoms. The number of carbonyl (C=O) groups is 1. The third kappa shape index (κ3) is 4.13. The second kappa shape index (κ2) is 8.11.